The van der Waals surface area contributed by atoms with Crippen LogP contribution in [0.4, 0.5) is 0 Å². The molecular formula is C16H27IN4O2. The van der Waals surface area contributed by atoms with Crippen LogP contribution in [0.15, 0.2) is 29.3 Å². The van der Waals surface area contributed by atoms with Crippen molar-refractivity contribution in [2.45, 2.75) is 33.2 Å². The van der Waals surface area contributed by atoms with E-state index in [0.29, 0.717) is 24.7 Å². The predicted molar refractivity (Wildman–Crippen MR) is 105 cm³/mol. The summed E-state index contributed by atoms with van der Waals surface area (Å²) in [6, 6.07) is 6.51. The van der Waals surface area contributed by atoms with Gasteiger partial charge in [0.15, 0.2) is 5.96 Å². The molecule has 0 spiro atoms. The minimum Gasteiger partial charge on any atom is -0.508 e. The molecule has 1 rings (SSSR count). The lowest BCUT2D eigenvalue weighted by Gasteiger charge is -2.16. The number of guanidine groups is 1. The van der Waals surface area contributed by atoms with E-state index in [1.54, 1.807) is 12.1 Å². The maximum absolute atomic E-state index is 11.9. The number of rotatable bonds is 7. The minimum absolute atomic E-state index is 0. The molecule has 0 saturated heterocycles. The van der Waals surface area contributed by atoms with Crippen LogP contribution < -0.4 is 16.0 Å². The van der Waals surface area contributed by atoms with Gasteiger partial charge < -0.3 is 21.1 Å². The summed E-state index contributed by atoms with van der Waals surface area (Å²) in [6.45, 7) is 7.97. The van der Waals surface area contributed by atoms with Gasteiger partial charge in [-0.05, 0) is 44.5 Å². The van der Waals surface area contributed by atoms with Crippen LogP contribution in [0.3, 0.4) is 0 Å². The lowest BCUT2D eigenvalue weighted by atomic mass is 10.2. The van der Waals surface area contributed by atoms with E-state index in [1.807, 2.05) is 6.92 Å². The van der Waals surface area contributed by atoms with Crippen LogP contribution in [-0.4, -0.2) is 42.6 Å². The van der Waals surface area contributed by atoms with Crippen molar-refractivity contribution < 1.29 is 9.90 Å². The van der Waals surface area contributed by atoms with Crippen LogP contribution in [0.25, 0.3) is 0 Å². The fourth-order valence-electron chi connectivity index (χ4n) is 1.71. The van der Waals surface area contributed by atoms with E-state index in [0.717, 1.165) is 18.9 Å². The number of carbonyl (C=O) groups excluding carboxylic acids is 1. The number of nitrogens with zero attached hydrogens (tertiary/aromatic N) is 1. The van der Waals surface area contributed by atoms with Crippen molar-refractivity contribution >= 4 is 35.8 Å². The van der Waals surface area contributed by atoms with E-state index in [2.05, 4.69) is 34.8 Å². The first-order valence-electron chi connectivity index (χ1n) is 7.68. The molecule has 6 nitrogen and oxygen atoms in total. The van der Waals surface area contributed by atoms with E-state index in [1.165, 1.54) is 12.1 Å². The van der Waals surface area contributed by atoms with Gasteiger partial charge in [0.2, 0.25) is 0 Å². The fourth-order valence-corrected chi connectivity index (χ4v) is 1.71. The van der Waals surface area contributed by atoms with Gasteiger partial charge in [0, 0.05) is 24.7 Å². The number of hydrogen-bond acceptors (Lipinski definition) is 3. The van der Waals surface area contributed by atoms with E-state index < -0.39 is 0 Å². The van der Waals surface area contributed by atoms with E-state index in [-0.39, 0.29) is 35.6 Å². The minimum atomic E-state index is -0.171. The van der Waals surface area contributed by atoms with Crippen LogP contribution in [0.2, 0.25) is 0 Å². The number of amides is 1. The van der Waals surface area contributed by atoms with Crippen molar-refractivity contribution in [2.24, 2.45) is 4.99 Å². The van der Waals surface area contributed by atoms with Gasteiger partial charge in [0.25, 0.3) is 5.91 Å². The monoisotopic (exact) mass is 434 g/mol. The molecule has 0 saturated carbocycles. The topological polar surface area (TPSA) is 85.8 Å². The number of hydrogen-bond donors (Lipinski definition) is 4. The molecule has 0 heterocycles. The second-order valence-corrected chi connectivity index (χ2v) is 5.02. The summed E-state index contributed by atoms with van der Waals surface area (Å²) in [5.74, 6) is 0.735. The molecule has 4 N–H and O–H groups in total. The largest absolute Gasteiger partial charge is 0.508 e. The molecule has 1 amide bonds. The molecular weight excluding hydrogens is 407 g/mol. The molecule has 0 bridgehead atoms. The highest BCUT2D eigenvalue weighted by atomic mass is 127. The number of aromatic hydroxyl groups is 1. The lowest BCUT2D eigenvalue weighted by Crippen LogP contribution is -2.42. The Kier molecular flexibility index (Phi) is 11.2. The number of benzene rings is 1. The maximum atomic E-state index is 11.9. The zero-order valence-corrected chi connectivity index (χ0v) is 16.3. The fraction of sp³-hybridized carbons (Fsp3) is 0.500. The molecule has 0 aromatic heterocycles. The van der Waals surface area contributed by atoms with Crippen molar-refractivity contribution in [1.29, 1.82) is 0 Å². The van der Waals surface area contributed by atoms with Crippen molar-refractivity contribution in [2.75, 3.05) is 19.6 Å². The van der Waals surface area contributed by atoms with E-state index >= 15 is 0 Å². The predicted octanol–water partition coefficient (Wildman–Crippen LogP) is 2.09. The molecule has 7 heteroatoms. The van der Waals surface area contributed by atoms with Gasteiger partial charge in [-0.1, -0.05) is 6.92 Å². The second-order valence-electron chi connectivity index (χ2n) is 5.02. The summed E-state index contributed by atoms with van der Waals surface area (Å²) in [4.78, 5) is 16.3. The zero-order valence-electron chi connectivity index (χ0n) is 13.9. The normalized spacial score (nSPS) is 12.0. The number of phenols is 1. The average molecular weight is 434 g/mol. The van der Waals surface area contributed by atoms with Gasteiger partial charge in [0.1, 0.15) is 5.75 Å². The van der Waals surface area contributed by atoms with Crippen LogP contribution in [0.1, 0.15) is 37.6 Å². The summed E-state index contributed by atoms with van der Waals surface area (Å²) in [7, 11) is 0. The summed E-state index contributed by atoms with van der Waals surface area (Å²) >= 11 is 0. The highest BCUT2D eigenvalue weighted by molar-refractivity contribution is 14.0. The Morgan fingerprint density at radius 1 is 1.22 bits per heavy atom. The van der Waals surface area contributed by atoms with Crippen LogP contribution in [-0.2, 0) is 0 Å². The summed E-state index contributed by atoms with van der Waals surface area (Å²) in [5.41, 5.74) is 0.520. The van der Waals surface area contributed by atoms with Gasteiger partial charge in [0.05, 0.1) is 6.54 Å². The van der Waals surface area contributed by atoms with Crippen LogP contribution >= 0.6 is 24.0 Å². The molecule has 0 aliphatic rings. The first-order chi connectivity index (χ1) is 10.6. The van der Waals surface area contributed by atoms with Crippen LogP contribution in [0, 0.1) is 0 Å². The summed E-state index contributed by atoms with van der Waals surface area (Å²) < 4.78 is 0. The third-order valence-electron chi connectivity index (χ3n) is 3.14. The molecule has 0 radical (unpaired) electrons. The Morgan fingerprint density at radius 3 is 2.43 bits per heavy atom. The standard InChI is InChI=1S/C16H26N4O2.HI/c1-4-12(3)20-16(17-5-2)19-11-10-18-15(22)13-6-8-14(21)9-7-13;/h6-9,12,21H,4-5,10-11H2,1-3H3,(H,18,22)(H2,17,19,20);1H. The zero-order chi connectivity index (χ0) is 16.4. The van der Waals surface area contributed by atoms with Gasteiger partial charge in [-0.25, -0.2) is 0 Å². The SMILES string of the molecule is CCNC(=NCCNC(=O)c1ccc(O)cc1)NC(C)CC.I. The Labute approximate surface area is 155 Å². The molecule has 1 unspecified atom stereocenters. The molecule has 23 heavy (non-hydrogen) atoms. The molecule has 1 aromatic rings. The summed E-state index contributed by atoms with van der Waals surface area (Å²) in [5, 5.41) is 18.5. The molecule has 0 aliphatic carbocycles. The number of nitrogens with one attached hydrogen (secondary N) is 3. The number of halogens is 1. The van der Waals surface area contributed by atoms with Gasteiger partial charge in [-0.15, -0.1) is 24.0 Å². The maximum Gasteiger partial charge on any atom is 0.251 e. The van der Waals surface area contributed by atoms with Crippen molar-refractivity contribution in [1.82, 2.24) is 16.0 Å². The lowest BCUT2D eigenvalue weighted by molar-refractivity contribution is 0.0955. The Morgan fingerprint density at radius 2 is 1.87 bits per heavy atom. The highest BCUT2D eigenvalue weighted by Crippen LogP contribution is 2.09. The van der Waals surface area contributed by atoms with Gasteiger partial charge in [-0.2, -0.15) is 0 Å². The third kappa shape index (κ3) is 8.63. The van der Waals surface area contributed by atoms with E-state index in [9.17, 15) is 9.90 Å². The molecule has 1 aromatic carbocycles. The molecule has 130 valence electrons. The smallest absolute Gasteiger partial charge is 0.251 e. The van der Waals surface area contributed by atoms with Gasteiger partial charge in [-0.3, -0.25) is 9.79 Å². The Bertz CT molecular complexity index is 491. The highest BCUT2D eigenvalue weighted by Gasteiger charge is 2.05. The Balaban J connectivity index is 0.00000484. The van der Waals surface area contributed by atoms with Crippen LogP contribution in [0.5, 0.6) is 5.75 Å². The first-order valence-corrected chi connectivity index (χ1v) is 7.68. The van der Waals surface area contributed by atoms with Gasteiger partial charge >= 0.3 is 0 Å². The van der Waals surface area contributed by atoms with Crippen molar-refractivity contribution in [3.63, 3.8) is 0 Å². The molecule has 0 aliphatic heterocycles. The van der Waals surface area contributed by atoms with E-state index in [4.69, 9.17) is 0 Å². The quantitative estimate of drug-likeness (QED) is 0.229. The number of phenolic OH excluding ortho intramolecular Hbond substituents is 1. The van der Waals surface area contributed by atoms with Crippen molar-refractivity contribution in [3.05, 3.63) is 29.8 Å². The Hall–Kier alpha value is -1.51. The number of carbonyl (C=O) groups is 1. The third-order valence-corrected chi connectivity index (χ3v) is 3.14. The second kappa shape index (κ2) is 12.0. The van der Waals surface area contributed by atoms with Crippen molar-refractivity contribution in [3.8, 4) is 5.75 Å². The summed E-state index contributed by atoms with van der Waals surface area (Å²) in [6.07, 6.45) is 1.02. The average Bonchev–Trinajstić information content (AvgIpc) is 2.51. The molecule has 0 fully saturated rings. The first kappa shape index (κ1) is 21.5. The molecule has 1 atom stereocenters. The number of aliphatic imine (C=N–C) groups is 1.